The summed E-state index contributed by atoms with van der Waals surface area (Å²) in [5.41, 5.74) is 3.03. The molecular weight excluding hydrogens is 272 g/mol. The van der Waals surface area contributed by atoms with Crippen molar-refractivity contribution in [2.24, 2.45) is 0 Å². The van der Waals surface area contributed by atoms with Gasteiger partial charge in [-0.2, -0.15) is 0 Å². The van der Waals surface area contributed by atoms with Crippen molar-refractivity contribution in [3.05, 3.63) is 64.2 Å². The Morgan fingerprint density at radius 3 is 2.50 bits per heavy atom. The maximum absolute atomic E-state index is 12.2. The monoisotopic (exact) mass is 288 g/mol. The lowest BCUT2D eigenvalue weighted by molar-refractivity contribution is 0.0982. The van der Waals surface area contributed by atoms with E-state index in [9.17, 15) is 4.79 Å². The minimum Gasteiger partial charge on any atom is -0.495 e. The molecule has 0 saturated heterocycles. The van der Waals surface area contributed by atoms with E-state index in [1.165, 1.54) is 11.1 Å². The Labute approximate surface area is 124 Å². The zero-order chi connectivity index (χ0) is 14.5. The molecule has 0 N–H and O–H groups in total. The molecule has 0 spiro atoms. The highest BCUT2D eigenvalue weighted by molar-refractivity contribution is 6.32. The first-order valence-corrected chi connectivity index (χ1v) is 6.90. The number of benzene rings is 2. The van der Waals surface area contributed by atoms with Crippen LogP contribution in [0.5, 0.6) is 5.75 Å². The molecule has 0 radical (unpaired) electrons. The Hall–Kier alpha value is -1.80. The Bertz CT molecular complexity index is 603. The number of halogens is 1. The number of methoxy groups -OCH3 is 1. The predicted octanol–water partition coefficient (Wildman–Crippen LogP) is 4.47. The third kappa shape index (κ3) is 3.61. The molecule has 104 valence electrons. The van der Waals surface area contributed by atoms with Crippen molar-refractivity contribution in [1.82, 2.24) is 0 Å². The van der Waals surface area contributed by atoms with E-state index in [2.05, 4.69) is 31.2 Å². The van der Waals surface area contributed by atoms with Crippen LogP contribution in [-0.2, 0) is 6.42 Å². The molecule has 20 heavy (non-hydrogen) atoms. The summed E-state index contributed by atoms with van der Waals surface area (Å²) >= 11 is 5.95. The topological polar surface area (TPSA) is 26.3 Å². The Balaban J connectivity index is 2.03. The molecule has 2 rings (SSSR count). The minimum absolute atomic E-state index is 0.0977. The summed E-state index contributed by atoms with van der Waals surface area (Å²) < 4.78 is 5.13. The summed E-state index contributed by atoms with van der Waals surface area (Å²) in [6.45, 7) is 2.05. The van der Waals surface area contributed by atoms with Crippen LogP contribution in [0.15, 0.2) is 42.5 Å². The van der Waals surface area contributed by atoms with Gasteiger partial charge in [-0.25, -0.2) is 0 Å². The quantitative estimate of drug-likeness (QED) is 0.759. The average Bonchev–Trinajstić information content (AvgIpc) is 2.47. The summed E-state index contributed by atoms with van der Waals surface area (Å²) in [4.78, 5) is 12.2. The van der Waals surface area contributed by atoms with Crippen molar-refractivity contribution in [1.29, 1.82) is 0 Å². The van der Waals surface area contributed by atoms with Crippen molar-refractivity contribution in [3.63, 3.8) is 0 Å². The van der Waals surface area contributed by atoms with E-state index in [1.807, 2.05) is 0 Å². The smallest absolute Gasteiger partial charge is 0.163 e. The normalized spacial score (nSPS) is 10.3. The van der Waals surface area contributed by atoms with Crippen LogP contribution in [0.3, 0.4) is 0 Å². The number of carbonyl (C=O) groups excluding carboxylic acids is 1. The second kappa shape index (κ2) is 6.58. The summed E-state index contributed by atoms with van der Waals surface area (Å²) in [6.07, 6.45) is 1.22. The number of ether oxygens (including phenoxy) is 1. The molecule has 0 heterocycles. The molecule has 0 aliphatic heterocycles. The standard InChI is InChI=1S/C17H17ClO2/c1-12-3-5-13(6-4-12)7-10-16(19)14-8-9-15(18)17(11-14)20-2/h3-6,8-9,11H,7,10H2,1-2H3. The minimum atomic E-state index is 0.0977. The molecule has 0 unspecified atom stereocenters. The van der Waals surface area contributed by atoms with E-state index in [0.29, 0.717) is 22.8 Å². The van der Waals surface area contributed by atoms with Crippen LogP contribution in [0.4, 0.5) is 0 Å². The van der Waals surface area contributed by atoms with Gasteiger partial charge in [0.05, 0.1) is 12.1 Å². The van der Waals surface area contributed by atoms with Gasteiger partial charge in [0.25, 0.3) is 0 Å². The van der Waals surface area contributed by atoms with Gasteiger partial charge in [-0.1, -0.05) is 41.4 Å². The first-order valence-electron chi connectivity index (χ1n) is 6.52. The zero-order valence-electron chi connectivity index (χ0n) is 11.7. The number of Topliss-reactive ketones (excluding diaryl/α,β-unsaturated/α-hetero) is 1. The third-order valence-electron chi connectivity index (χ3n) is 3.23. The maximum Gasteiger partial charge on any atom is 0.163 e. The molecule has 0 saturated carbocycles. The molecule has 0 amide bonds. The van der Waals surface area contributed by atoms with E-state index in [-0.39, 0.29) is 5.78 Å². The predicted molar refractivity (Wildman–Crippen MR) is 81.8 cm³/mol. The molecule has 0 fully saturated rings. The number of ketones is 1. The fraction of sp³-hybridized carbons (Fsp3) is 0.235. The molecule has 3 heteroatoms. The summed E-state index contributed by atoms with van der Waals surface area (Å²) in [7, 11) is 1.54. The van der Waals surface area contributed by atoms with Crippen LogP contribution in [-0.4, -0.2) is 12.9 Å². The van der Waals surface area contributed by atoms with Crippen LogP contribution in [0, 0.1) is 6.92 Å². The zero-order valence-corrected chi connectivity index (χ0v) is 12.4. The number of hydrogen-bond acceptors (Lipinski definition) is 2. The molecular formula is C17H17ClO2. The van der Waals surface area contributed by atoms with Crippen molar-refractivity contribution < 1.29 is 9.53 Å². The van der Waals surface area contributed by atoms with Gasteiger partial charge in [0.2, 0.25) is 0 Å². The van der Waals surface area contributed by atoms with Gasteiger partial charge in [-0.05, 0) is 37.1 Å². The van der Waals surface area contributed by atoms with Gasteiger partial charge in [-0.3, -0.25) is 4.79 Å². The third-order valence-corrected chi connectivity index (χ3v) is 3.55. The van der Waals surface area contributed by atoms with E-state index in [4.69, 9.17) is 16.3 Å². The van der Waals surface area contributed by atoms with E-state index in [0.717, 1.165) is 6.42 Å². The van der Waals surface area contributed by atoms with Crippen LogP contribution in [0.1, 0.15) is 27.9 Å². The lowest BCUT2D eigenvalue weighted by Crippen LogP contribution is -2.02. The van der Waals surface area contributed by atoms with Crippen LogP contribution in [0.25, 0.3) is 0 Å². The fourth-order valence-corrected chi connectivity index (χ4v) is 2.18. The van der Waals surface area contributed by atoms with Crippen LogP contribution < -0.4 is 4.74 Å². The highest BCUT2D eigenvalue weighted by Gasteiger charge is 2.09. The van der Waals surface area contributed by atoms with Gasteiger partial charge < -0.3 is 4.74 Å². The van der Waals surface area contributed by atoms with Gasteiger partial charge in [0, 0.05) is 12.0 Å². The van der Waals surface area contributed by atoms with E-state index >= 15 is 0 Å². The number of aryl methyl sites for hydroxylation is 2. The van der Waals surface area contributed by atoms with Gasteiger partial charge in [0.1, 0.15) is 5.75 Å². The molecule has 0 aliphatic rings. The average molecular weight is 289 g/mol. The van der Waals surface area contributed by atoms with Crippen molar-refractivity contribution >= 4 is 17.4 Å². The molecule has 0 bridgehead atoms. The van der Waals surface area contributed by atoms with Crippen molar-refractivity contribution in [3.8, 4) is 5.75 Å². The van der Waals surface area contributed by atoms with Crippen LogP contribution in [0.2, 0.25) is 5.02 Å². The SMILES string of the molecule is COc1cc(C(=O)CCc2ccc(C)cc2)ccc1Cl. The van der Waals surface area contributed by atoms with E-state index in [1.54, 1.807) is 25.3 Å². The maximum atomic E-state index is 12.2. The first kappa shape index (κ1) is 14.6. The Morgan fingerprint density at radius 1 is 1.15 bits per heavy atom. The highest BCUT2D eigenvalue weighted by Crippen LogP contribution is 2.25. The molecule has 2 aromatic carbocycles. The number of rotatable bonds is 5. The number of hydrogen-bond donors (Lipinski definition) is 0. The lowest BCUT2D eigenvalue weighted by atomic mass is 10.0. The molecule has 2 aromatic rings. The highest BCUT2D eigenvalue weighted by atomic mass is 35.5. The molecule has 0 aromatic heterocycles. The second-order valence-electron chi connectivity index (χ2n) is 4.76. The molecule has 0 atom stereocenters. The largest absolute Gasteiger partial charge is 0.495 e. The van der Waals surface area contributed by atoms with Gasteiger partial charge in [-0.15, -0.1) is 0 Å². The van der Waals surface area contributed by atoms with Crippen molar-refractivity contribution in [2.75, 3.05) is 7.11 Å². The summed E-state index contributed by atoms with van der Waals surface area (Å²) in [5.74, 6) is 0.633. The van der Waals surface area contributed by atoms with Crippen LogP contribution >= 0.6 is 11.6 Å². The summed E-state index contributed by atoms with van der Waals surface area (Å²) in [5, 5.41) is 0.516. The van der Waals surface area contributed by atoms with Crippen molar-refractivity contribution in [2.45, 2.75) is 19.8 Å². The number of carbonyl (C=O) groups is 1. The lowest BCUT2D eigenvalue weighted by Gasteiger charge is -2.06. The Kier molecular flexibility index (Phi) is 4.80. The second-order valence-corrected chi connectivity index (χ2v) is 5.17. The Morgan fingerprint density at radius 2 is 1.85 bits per heavy atom. The summed E-state index contributed by atoms with van der Waals surface area (Å²) in [6, 6.07) is 13.4. The fourth-order valence-electron chi connectivity index (χ4n) is 1.99. The van der Waals surface area contributed by atoms with Gasteiger partial charge in [0.15, 0.2) is 5.78 Å². The van der Waals surface area contributed by atoms with E-state index < -0.39 is 0 Å². The molecule has 0 aliphatic carbocycles. The molecule has 2 nitrogen and oxygen atoms in total. The first-order chi connectivity index (χ1) is 9.60. The van der Waals surface area contributed by atoms with Gasteiger partial charge >= 0.3 is 0 Å².